The minimum atomic E-state index is 0.730. The zero-order valence-electron chi connectivity index (χ0n) is 13.0. The molecular weight excluding hydrogens is 244 g/mol. The van der Waals surface area contributed by atoms with Crippen molar-refractivity contribution in [2.75, 3.05) is 23.8 Å². The first-order valence-corrected chi connectivity index (χ1v) is 8.38. The summed E-state index contributed by atoms with van der Waals surface area (Å²) in [7, 11) is 2.29. The van der Waals surface area contributed by atoms with E-state index in [9.17, 15) is 0 Å². The van der Waals surface area contributed by atoms with Crippen molar-refractivity contribution in [3.63, 3.8) is 0 Å². The molecule has 0 unspecified atom stereocenters. The van der Waals surface area contributed by atoms with Gasteiger partial charge in [-0.15, -0.1) is 0 Å². The van der Waals surface area contributed by atoms with E-state index in [2.05, 4.69) is 42.4 Å². The summed E-state index contributed by atoms with van der Waals surface area (Å²) in [5.74, 6) is 0.975. The summed E-state index contributed by atoms with van der Waals surface area (Å²) in [6, 6.07) is 7.54. The lowest BCUT2D eigenvalue weighted by Gasteiger charge is -2.37. The molecule has 1 aliphatic heterocycles. The number of benzene rings is 1. The maximum absolute atomic E-state index is 3.63. The van der Waals surface area contributed by atoms with Crippen molar-refractivity contribution < 1.29 is 0 Å². The molecule has 0 spiro atoms. The van der Waals surface area contributed by atoms with Gasteiger partial charge in [-0.25, -0.2) is 0 Å². The number of para-hydroxylation sites is 1. The van der Waals surface area contributed by atoms with Crippen molar-refractivity contribution in [3.05, 3.63) is 23.8 Å². The van der Waals surface area contributed by atoms with Gasteiger partial charge in [-0.3, -0.25) is 0 Å². The molecule has 2 aliphatic rings. The Kier molecular flexibility index (Phi) is 4.18. The molecule has 2 nitrogen and oxygen atoms in total. The average Bonchev–Trinajstić information content (AvgIpc) is 2.54. The summed E-state index contributed by atoms with van der Waals surface area (Å²) in [4.78, 5) is 2.54. The van der Waals surface area contributed by atoms with Gasteiger partial charge in [-0.05, 0) is 56.1 Å². The third kappa shape index (κ3) is 2.65. The molecule has 2 heteroatoms. The predicted molar refractivity (Wildman–Crippen MR) is 87.7 cm³/mol. The van der Waals surface area contributed by atoms with E-state index in [-0.39, 0.29) is 0 Å². The highest BCUT2D eigenvalue weighted by atomic mass is 15.2. The second-order valence-electron chi connectivity index (χ2n) is 6.54. The third-order valence-electron chi connectivity index (χ3n) is 5.37. The van der Waals surface area contributed by atoms with Gasteiger partial charge in [0.2, 0.25) is 0 Å². The number of hydrogen-bond acceptors (Lipinski definition) is 2. The molecule has 0 saturated heterocycles. The van der Waals surface area contributed by atoms with Gasteiger partial charge in [0, 0.05) is 19.6 Å². The van der Waals surface area contributed by atoms with E-state index >= 15 is 0 Å². The van der Waals surface area contributed by atoms with Crippen LogP contribution >= 0.6 is 0 Å². The summed E-state index contributed by atoms with van der Waals surface area (Å²) in [6.07, 6.45) is 9.40. The average molecular weight is 272 g/mol. The smallest absolute Gasteiger partial charge is 0.0610 e. The maximum atomic E-state index is 3.63. The van der Waals surface area contributed by atoms with Crippen molar-refractivity contribution in [2.45, 2.75) is 57.9 Å². The molecule has 1 N–H and O–H groups in total. The maximum Gasteiger partial charge on any atom is 0.0610 e. The standard InChI is InChI=1S/C18H28N2/c1-3-14-9-11-16(12-10-14)20(2)17-8-4-6-15-7-5-13-19-18(15)17/h4,6,8,14,16,19H,3,5,7,9-13H2,1-2H3. The van der Waals surface area contributed by atoms with E-state index in [1.54, 1.807) is 0 Å². The monoisotopic (exact) mass is 272 g/mol. The molecule has 0 radical (unpaired) electrons. The zero-order chi connectivity index (χ0) is 13.9. The van der Waals surface area contributed by atoms with Gasteiger partial charge in [0.05, 0.1) is 11.4 Å². The Morgan fingerprint density at radius 1 is 1.20 bits per heavy atom. The highest BCUT2D eigenvalue weighted by Gasteiger charge is 2.25. The van der Waals surface area contributed by atoms with Gasteiger partial charge < -0.3 is 10.2 Å². The first-order chi connectivity index (χ1) is 9.79. The van der Waals surface area contributed by atoms with Crippen LogP contribution in [0.1, 0.15) is 51.0 Å². The fourth-order valence-corrected chi connectivity index (χ4v) is 3.92. The second kappa shape index (κ2) is 6.07. The summed E-state index contributed by atoms with van der Waals surface area (Å²) in [5, 5.41) is 3.63. The van der Waals surface area contributed by atoms with Crippen LogP contribution in [0.2, 0.25) is 0 Å². The zero-order valence-corrected chi connectivity index (χ0v) is 13.0. The number of nitrogens with zero attached hydrogens (tertiary/aromatic N) is 1. The number of hydrogen-bond donors (Lipinski definition) is 1. The Balaban J connectivity index is 1.76. The molecule has 110 valence electrons. The van der Waals surface area contributed by atoms with E-state index in [0.29, 0.717) is 0 Å². The SMILES string of the molecule is CCC1CCC(N(C)c2cccc3c2NCCC3)CC1. The Hall–Kier alpha value is -1.18. The quantitative estimate of drug-likeness (QED) is 0.874. The van der Waals surface area contributed by atoms with Crippen molar-refractivity contribution in [1.82, 2.24) is 0 Å². The van der Waals surface area contributed by atoms with Crippen LogP contribution in [0.25, 0.3) is 0 Å². The van der Waals surface area contributed by atoms with E-state index < -0.39 is 0 Å². The first kappa shape index (κ1) is 13.8. The topological polar surface area (TPSA) is 15.3 Å². The highest BCUT2D eigenvalue weighted by molar-refractivity contribution is 5.74. The van der Waals surface area contributed by atoms with Crippen LogP contribution < -0.4 is 10.2 Å². The predicted octanol–water partition coefficient (Wildman–Crippen LogP) is 4.45. The molecule has 1 aromatic rings. The van der Waals surface area contributed by atoms with Crippen molar-refractivity contribution in [2.24, 2.45) is 5.92 Å². The Morgan fingerprint density at radius 2 is 2.00 bits per heavy atom. The molecule has 0 aromatic heterocycles. The largest absolute Gasteiger partial charge is 0.383 e. The van der Waals surface area contributed by atoms with Gasteiger partial charge in [0.1, 0.15) is 0 Å². The lowest BCUT2D eigenvalue weighted by atomic mass is 9.84. The van der Waals surface area contributed by atoms with E-state index in [0.717, 1.165) is 18.5 Å². The van der Waals surface area contributed by atoms with Crippen LogP contribution in [-0.2, 0) is 6.42 Å². The Morgan fingerprint density at radius 3 is 2.75 bits per heavy atom. The highest BCUT2D eigenvalue weighted by Crippen LogP contribution is 2.37. The van der Waals surface area contributed by atoms with Gasteiger partial charge in [-0.1, -0.05) is 25.5 Å². The molecule has 1 fully saturated rings. The molecule has 1 aromatic carbocycles. The minimum absolute atomic E-state index is 0.730. The first-order valence-electron chi connectivity index (χ1n) is 8.38. The molecule has 1 heterocycles. The minimum Gasteiger partial charge on any atom is -0.383 e. The summed E-state index contributed by atoms with van der Waals surface area (Å²) >= 11 is 0. The van der Waals surface area contributed by atoms with E-state index in [4.69, 9.17) is 0 Å². The van der Waals surface area contributed by atoms with Gasteiger partial charge in [0.15, 0.2) is 0 Å². The Labute approximate surface area is 123 Å². The molecule has 0 amide bonds. The summed E-state index contributed by atoms with van der Waals surface area (Å²) in [6.45, 7) is 3.46. The summed E-state index contributed by atoms with van der Waals surface area (Å²) < 4.78 is 0. The van der Waals surface area contributed by atoms with E-state index in [1.807, 2.05) is 0 Å². The molecule has 0 bridgehead atoms. The molecule has 1 saturated carbocycles. The van der Waals surface area contributed by atoms with E-state index in [1.165, 1.54) is 61.9 Å². The number of rotatable bonds is 3. The van der Waals surface area contributed by atoms with Crippen molar-refractivity contribution in [3.8, 4) is 0 Å². The lowest BCUT2D eigenvalue weighted by Crippen LogP contribution is -2.36. The second-order valence-corrected chi connectivity index (χ2v) is 6.54. The molecule has 3 rings (SSSR count). The molecular formula is C18H28N2. The van der Waals surface area contributed by atoms with Gasteiger partial charge in [0.25, 0.3) is 0 Å². The number of anilines is 2. The number of fused-ring (bicyclic) bond motifs is 1. The number of aryl methyl sites for hydroxylation is 1. The van der Waals surface area contributed by atoms with Crippen LogP contribution in [0.15, 0.2) is 18.2 Å². The van der Waals surface area contributed by atoms with Gasteiger partial charge >= 0.3 is 0 Å². The number of nitrogens with one attached hydrogen (secondary N) is 1. The van der Waals surface area contributed by atoms with Crippen LogP contribution in [0.5, 0.6) is 0 Å². The van der Waals surface area contributed by atoms with Crippen LogP contribution in [0.3, 0.4) is 0 Å². The fraction of sp³-hybridized carbons (Fsp3) is 0.667. The van der Waals surface area contributed by atoms with Crippen molar-refractivity contribution >= 4 is 11.4 Å². The van der Waals surface area contributed by atoms with Crippen LogP contribution in [0.4, 0.5) is 11.4 Å². The normalized spacial score (nSPS) is 25.7. The fourth-order valence-electron chi connectivity index (χ4n) is 3.92. The van der Waals surface area contributed by atoms with Crippen molar-refractivity contribution in [1.29, 1.82) is 0 Å². The van der Waals surface area contributed by atoms with Gasteiger partial charge in [-0.2, -0.15) is 0 Å². The molecule has 1 aliphatic carbocycles. The van der Waals surface area contributed by atoms with Crippen LogP contribution in [-0.4, -0.2) is 19.6 Å². The Bertz CT molecular complexity index is 447. The lowest BCUT2D eigenvalue weighted by molar-refractivity contribution is 0.313. The summed E-state index contributed by atoms with van der Waals surface area (Å²) in [5.41, 5.74) is 4.32. The molecule has 20 heavy (non-hydrogen) atoms. The molecule has 0 atom stereocenters. The third-order valence-corrected chi connectivity index (χ3v) is 5.37. The van der Waals surface area contributed by atoms with Crippen LogP contribution in [0, 0.1) is 5.92 Å².